The zero-order valence-electron chi connectivity index (χ0n) is 16.4. The molecule has 0 saturated carbocycles. The zero-order chi connectivity index (χ0) is 19.5. The van der Waals surface area contributed by atoms with Crippen LogP contribution in [-0.2, 0) is 14.3 Å². The molecule has 0 bridgehead atoms. The molecule has 27 heavy (non-hydrogen) atoms. The average Bonchev–Trinajstić information content (AvgIpc) is 3.09. The van der Waals surface area contributed by atoms with Gasteiger partial charge in [-0.15, -0.1) is 11.8 Å². The van der Waals surface area contributed by atoms with Gasteiger partial charge in [0.15, 0.2) is 11.7 Å². The number of aliphatic imine (C=N–C) groups is 1. The van der Waals surface area contributed by atoms with Gasteiger partial charge in [0, 0.05) is 44.3 Å². The second-order valence-electron chi connectivity index (χ2n) is 6.55. The summed E-state index contributed by atoms with van der Waals surface area (Å²) in [6, 6.07) is 10.3. The summed E-state index contributed by atoms with van der Waals surface area (Å²) < 4.78 is 11.2. The Bertz CT molecular complexity index is 604. The number of ether oxygens (including phenoxy) is 2. The van der Waals surface area contributed by atoms with Crippen LogP contribution in [0.25, 0.3) is 0 Å². The van der Waals surface area contributed by atoms with Crippen LogP contribution in [0.4, 0.5) is 0 Å². The first kappa shape index (κ1) is 21.5. The van der Waals surface area contributed by atoms with Gasteiger partial charge in [-0.3, -0.25) is 4.79 Å². The molecule has 1 aromatic carbocycles. The fraction of sp³-hybridized carbons (Fsp3) is 0.579. The number of carbonyl (C=O) groups is 1. The van der Waals surface area contributed by atoms with E-state index in [0.717, 1.165) is 12.3 Å². The molecule has 0 spiro atoms. The van der Waals surface area contributed by atoms with Crippen molar-refractivity contribution in [3.05, 3.63) is 30.3 Å². The number of benzene rings is 1. The number of likely N-dealkylation sites (N-methyl/N-ethyl adjacent to an activating group) is 1. The number of rotatable bonds is 9. The van der Waals surface area contributed by atoms with E-state index in [4.69, 9.17) is 9.47 Å². The van der Waals surface area contributed by atoms with Crippen LogP contribution >= 0.6 is 11.8 Å². The predicted molar refractivity (Wildman–Crippen MR) is 109 cm³/mol. The lowest BCUT2D eigenvalue weighted by Gasteiger charge is -2.23. The van der Waals surface area contributed by atoms with Gasteiger partial charge in [-0.25, -0.2) is 4.99 Å². The van der Waals surface area contributed by atoms with Crippen LogP contribution in [0.3, 0.4) is 0 Å². The Kier molecular flexibility index (Phi) is 8.90. The minimum atomic E-state index is -0.541. The number of hydrogen-bond donors (Lipinski definition) is 2. The lowest BCUT2D eigenvalue weighted by molar-refractivity contribution is -0.145. The minimum absolute atomic E-state index is 0.0378. The van der Waals surface area contributed by atoms with Crippen molar-refractivity contribution < 1.29 is 14.3 Å². The van der Waals surface area contributed by atoms with Crippen LogP contribution in [-0.4, -0.2) is 75.2 Å². The third-order valence-electron chi connectivity index (χ3n) is 4.05. The molecule has 8 heteroatoms. The van der Waals surface area contributed by atoms with Gasteiger partial charge >= 0.3 is 0 Å². The molecule has 1 aromatic rings. The van der Waals surface area contributed by atoms with E-state index < -0.39 is 5.79 Å². The summed E-state index contributed by atoms with van der Waals surface area (Å²) in [5, 5.41) is 6.55. The van der Waals surface area contributed by atoms with Crippen molar-refractivity contribution in [2.75, 3.05) is 52.7 Å². The monoisotopic (exact) mass is 394 g/mol. The Hall–Kier alpha value is -1.77. The van der Waals surface area contributed by atoms with E-state index in [0.29, 0.717) is 32.1 Å². The van der Waals surface area contributed by atoms with Crippen molar-refractivity contribution >= 4 is 23.6 Å². The van der Waals surface area contributed by atoms with E-state index in [9.17, 15) is 4.79 Å². The topological polar surface area (TPSA) is 75.2 Å². The Labute approximate surface area is 165 Å². The molecule has 0 aliphatic carbocycles. The van der Waals surface area contributed by atoms with Gasteiger partial charge in [0.05, 0.1) is 13.2 Å². The molecule has 2 N–H and O–H groups in total. The van der Waals surface area contributed by atoms with Crippen LogP contribution in [0.15, 0.2) is 40.2 Å². The summed E-state index contributed by atoms with van der Waals surface area (Å²) in [7, 11) is 3.45. The Morgan fingerprint density at radius 1 is 1.19 bits per heavy atom. The number of thioether (sulfide) groups is 1. The summed E-state index contributed by atoms with van der Waals surface area (Å²) in [5.41, 5.74) is 0. The van der Waals surface area contributed by atoms with Crippen LogP contribution in [0, 0.1) is 0 Å². The molecule has 1 amide bonds. The molecule has 1 fully saturated rings. The van der Waals surface area contributed by atoms with Crippen LogP contribution in [0.2, 0.25) is 0 Å². The number of carbonyl (C=O) groups excluding carboxylic acids is 1. The Morgan fingerprint density at radius 2 is 1.85 bits per heavy atom. The van der Waals surface area contributed by atoms with E-state index in [1.807, 2.05) is 25.1 Å². The molecule has 1 aliphatic rings. The van der Waals surface area contributed by atoms with Gasteiger partial charge in [-0.1, -0.05) is 18.2 Å². The van der Waals surface area contributed by atoms with Gasteiger partial charge in [0.1, 0.15) is 6.54 Å². The van der Waals surface area contributed by atoms with Crippen LogP contribution in [0.5, 0.6) is 0 Å². The van der Waals surface area contributed by atoms with E-state index >= 15 is 0 Å². The fourth-order valence-corrected chi connectivity index (χ4v) is 3.22. The Morgan fingerprint density at radius 3 is 2.52 bits per heavy atom. The lowest BCUT2D eigenvalue weighted by atomic mass is 10.2. The van der Waals surface area contributed by atoms with Crippen molar-refractivity contribution in [2.45, 2.75) is 24.0 Å². The molecule has 0 atom stereocenters. The van der Waals surface area contributed by atoms with Crippen molar-refractivity contribution in [1.29, 1.82) is 0 Å². The molecular weight excluding hydrogens is 364 g/mol. The summed E-state index contributed by atoms with van der Waals surface area (Å²) in [6.45, 7) is 4.69. The third kappa shape index (κ3) is 8.19. The van der Waals surface area contributed by atoms with E-state index in [-0.39, 0.29) is 12.5 Å². The largest absolute Gasteiger partial charge is 0.356 e. The first-order valence-corrected chi connectivity index (χ1v) is 10.2. The molecule has 1 aliphatic heterocycles. The van der Waals surface area contributed by atoms with E-state index in [1.165, 1.54) is 9.80 Å². The molecule has 0 unspecified atom stereocenters. The van der Waals surface area contributed by atoms with Gasteiger partial charge in [0.25, 0.3) is 0 Å². The van der Waals surface area contributed by atoms with Crippen molar-refractivity contribution in [2.24, 2.45) is 4.99 Å². The van der Waals surface area contributed by atoms with Crippen molar-refractivity contribution in [3.8, 4) is 0 Å². The number of hydrogen-bond acceptors (Lipinski definition) is 5. The molecular formula is C19H30N4O3S. The first-order chi connectivity index (χ1) is 13.0. The predicted octanol–water partition coefficient (Wildman–Crippen LogP) is 1.56. The molecule has 1 heterocycles. The van der Waals surface area contributed by atoms with Gasteiger partial charge in [-0.05, 0) is 19.1 Å². The maximum absolute atomic E-state index is 11.8. The second-order valence-corrected chi connectivity index (χ2v) is 7.72. The van der Waals surface area contributed by atoms with Crippen molar-refractivity contribution in [1.82, 2.24) is 15.5 Å². The number of nitrogens with one attached hydrogen (secondary N) is 2. The smallest absolute Gasteiger partial charge is 0.243 e. The standard InChI is InChI=1S/C19H30N4O3S/c1-19(25-12-13-26-19)9-10-20-18(22-15-17(24)23(2)3)21-11-14-27-16-7-5-4-6-8-16/h4-8H,9-15H2,1-3H3,(H2,20,21,22). The fourth-order valence-electron chi connectivity index (χ4n) is 2.43. The quantitative estimate of drug-likeness (QED) is 0.287. The molecule has 2 rings (SSSR count). The molecule has 0 radical (unpaired) electrons. The summed E-state index contributed by atoms with van der Waals surface area (Å²) in [4.78, 5) is 19.0. The normalized spacial score (nSPS) is 16.2. The number of guanidine groups is 1. The highest BCUT2D eigenvalue weighted by Crippen LogP contribution is 2.21. The van der Waals surface area contributed by atoms with Gasteiger partial charge < -0.3 is 25.0 Å². The van der Waals surface area contributed by atoms with Crippen LogP contribution < -0.4 is 10.6 Å². The maximum Gasteiger partial charge on any atom is 0.243 e. The summed E-state index contributed by atoms with van der Waals surface area (Å²) in [6.07, 6.45) is 0.702. The van der Waals surface area contributed by atoms with Crippen molar-refractivity contribution in [3.63, 3.8) is 0 Å². The number of amides is 1. The third-order valence-corrected chi connectivity index (χ3v) is 5.06. The Balaban J connectivity index is 1.79. The zero-order valence-corrected chi connectivity index (χ0v) is 17.2. The molecule has 0 aromatic heterocycles. The maximum atomic E-state index is 11.8. The summed E-state index contributed by atoms with van der Waals surface area (Å²) >= 11 is 1.77. The number of nitrogens with zero attached hydrogens (tertiary/aromatic N) is 2. The molecule has 7 nitrogen and oxygen atoms in total. The van der Waals surface area contributed by atoms with Gasteiger partial charge in [0.2, 0.25) is 5.91 Å². The highest BCUT2D eigenvalue weighted by Gasteiger charge is 2.30. The van der Waals surface area contributed by atoms with E-state index in [2.05, 4.69) is 27.8 Å². The summed E-state index contributed by atoms with van der Waals surface area (Å²) in [5.74, 6) is 0.946. The molecule has 150 valence electrons. The average molecular weight is 395 g/mol. The van der Waals surface area contributed by atoms with Gasteiger partial charge in [-0.2, -0.15) is 0 Å². The first-order valence-electron chi connectivity index (χ1n) is 9.17. The SMILES string of the molecule is CN(C)C(=O)CN=C(NCCSc1ccccc1)NCCC1(C)OCCO1. The lowest BCUT2D eigenvalue weighted by Crippen LogP contribution is -2.42. The second kappa shape index (κ2) is 11.2. The highest BCUT2D eigenvalue weighted by molar-refractivity contribution is 7.99. The van der Waals surface area contributed by atoms with E-state index in [1.54, 1.807) is 25.9 Å². The van der Waals surface area contributed by atoms with Crippen LogP contribution in [0.1, 0.15) is 13.3 Å². The highest BCUT2D eigenvalue weighted by atomic mass is 32.2. The minimum Gasteiger partial charge on any atom is -0.356 e. The molecule has 1 saturated heterocycles.